The van der Waals surface area contributed by atoms with E-state index in [1.807, 2.05) is 41.7 Å². The van der Waals surface area contributed by atoms with Gasteiger partial charge in [-0.3, -0.25) is 5.32 Å². The molecule has 0 unspecified atom stereocenters. The van der Waals surface area contributed by atoms with Crippen molar-refractivity contribution in [3.63, 3.8) is 0 Å². The Bertz CT molecular complexity index is 690. The minimum absolute atomic E-state index is 0.208. The number of quaternary nitrogens is 1. The highest BCUT2D eigenvalue weighted by molar-refractivity contribution is 6.01. The van der Waals surface area contributed by atoms with Gasteiger partial charge in [-0.2, -0.15) is 0 Å². The van der Waals surface area contributed by atoms with E-state index in [2.05, 4.69) is 5.32 Å². The van der Waals surface area contributed by atoms with Gasteiger partial charge in [0.05, 0.1) is 12.5 Å². The van der Waals surface area contributed by atoms with Gasteiger partial charge in [0.2, 0.25) is 0 Å². The van der Waals surface area contributed by atoms with Crippen LogP contribution in [0.25, 0.3) is 10.8 Å². The first-order valence-corrected chi connectivity index (χ1v) is 7.87. The van der Waals surface area contributed by atoms with Crippen LogP contribution in [-0.2, 0) is 11.2 Å². The maximum atomic E-state index is 12.4. The fraction of sp³-hybridized carbons (Fsp3) is 0.333. The molecule has 0 radical (unpaired) electrons. The fourth-order valence-corrected chi connectivity index (χ4v) is 3.19. The van der Waals surface area contributed by atoms with Gasteiger partial charge < -0.3 is 10.7 Å². The average Bonchev–Trinajstić information content (AvgIpc) is 2.56. The third-order valence-corrected chi connectivity index (χ3v) is 4.37. The average molecular weight is 296 g/mol. The molecule has 1 saturated heterocycles. The topological polar surface area (TPSA) is 69.6 Å². The molecular formula is C18H22N3O+. The Morgan fingerprint density at radius 1 is 1.18 bits per heavy atom. The molecule has 22 heavy (non-hydrogen) atoms. The van der Waals surface area contributed by atoms with Crippen LogP contribution in [0.4, 0.5) is 0 Å². The highest BCUT2D eigenvalue weighted by Crippen LogP contribution is 2.22. The van der Waals surface area contributed by atoms with E-state index < -0.39 is 0 Å². The van der Waals surface area contributed by atoms with Crippen molar-refractivity contribution in [2.75, 3.05) is 13.1 Å². The monoisotopic (exact) mass is 296 g/mol. The molecule has 2 aromatic carbocycles. The van der Waals surface area contributed by atoms with Crippen LogP contribution in [0.2, 0.25) is 0 Å². The maximum Gasteiger partial charge on any atom is 0.315 e. The lowest BCUT2D eigenvalue weighted by Crippen LogP contribution is -2.94. The summed E-state index contributed by atoms with van der Waals surface area (Å²) in [4.78, 5) is 12.4. The summed E-state index contributed by atoms with van der Waals surface area (Å²) in [5.41, 5.74) is 1.95. The summed E-state index contributed by atoms with van der Waals surface area (Å²) in [7, 11) is 0. The minimum atomic E-state index is 0.208. The number of hydrogen-bond acceptors (Lipinski definition) is 3. The second kappa shape index (κ2) is 6.81. The largest absolute Gasteiger partial charge is 0.316 e. The number of nitrogens with two attached hydrogens (primary N) is 1. The Labute approximate surface area is 130 Å². The van der Waals surface area contributed by atoms with E-state index in [0.717, 1.165) is 47.8 Å². The van der Waals surface area contributed by atoms with Crippen molar-refractivity contribution in [3.05, 3.63) is 47.5 Å². The molecule has 2 aromatic rings. The Balaban J connectivity index is 1.78. The van der Waals surface area contributed by atoms with Crippen molar-refractivity contribution >= 4 is 22.9 Å². The van der Waals surface area contributed by atoms with E-state index >= 15 is 0 Å². The fourth-order valence-electron chi connectivity index (χ4n) is 3.19. The smallest absolute Gasteiger partial charge is 0.315 e. The molecule has 4 N–H and O–H groups in total. The van der Waals surface area contributed by atoms with Gasteiger partial charge >= 0.3 is 5.91 Å². The molecule has 1 amide bonds. The Morgan fingerprint density at radius 2 is 1.91 bits per heavy atom. The first-order valence-electron chi connectivity index (χ1n) is 7.87. The quantitative estimate of drug-likeness (QED) is 0.743. The van der Waals surface area contributed by atoms with E-state index in [1.54, 1.807) is 0 Å². The molecule has 4 heteroatoms. The Kier molecular flexibility index (Phi) is 4.61. The molecule has 0 saturated carbocycles. The van der Waals surface area contributed by atoms with Gasteiger partial charge in [0.15, 0.2) is 0 Å². The lowest BCUT2D eigenvalue weighted by Gasteiger charge is -2.20. The van der Waals surface area contributed by atoms with Crippen molar-refractivity contribution in [2.24, 2.45) is 0 Å². The zero-order chi connectivity index (χ0) is 15.4. The molecule has 114 valence electrons. The normalized spacial score (nSPS) is 15.8. The van der Waals surface area contributed by atoms with Crippen LogP contribution in [0, 0.1) is 5.41 Å². The molecule has 0 aromatic heterocycles. The van der Waals surface area contributed by atoms with Gasteiger partial charge in [-0.1, -0.05) is 36.4 Å². The summed E-state index contributed by atoms with van der Waals surface area (Å²) in [5, 5.41) is 14.9. The van der Waals surface area contributed by atoms with Crippen LogP contribution < -0.4 is 10.6 Å². The summed E-state index contributed by atoms with van der Waals surface area (Å²) < 4.78 is 0. The lowest BCUT2D eigenvalue weighted by atomic mass is 9.97. The van der Waals surface area contributed by atoms with Crippen molar-refractivity contribution < 1.29 is 10.1 Å². The Hall–Kier alpha value is -2.04. The summed E-state index contributed by atoms with van der Waals surface area (Å²) >= 11 is 0. The number of fused-ring (bicyclic) bond motifs is 1. The van der Waals surface area contributed by atoms with Gasteiger partial charge in [-0.15, -0.1) is 0 Å². The third-order valence-electron chi connectivity index (χ3n) is 4.37. The molecular weight excluding hydrogens is 274 g/mol. The number of amides is 1. The molecule has 0 bridgehead atoms. The van der Waals surface area contributed by atoms with Crippen LogP contribution in [-0.4, -0.2) is 31.3 Å². The minimum Gasteiger partial charge on any atom is -0.316 e. The molecule has 3 rings (SSSR count). The number of piperidine rings is 1. The zero-order valence-corrected chi connectivity index (χ0v) is 12.6. The van der Waals surface area contributed by atoms with Gasteiger partial charge in [0, 0.05) is 32.1 Å². The predicted octanol–water partition coefficient (Wildman–Crippen LogP) is 1.22. The Morgan fingerprint density at radius 3 is 2.64 bits per heavy atom. The van der Waals surface area contributed by atoms with Crippen molar-refractivity contribution in [1.82, 2.24) is 5.32 Å². The zero-order valence-electron chi connectivity index (χ0n) is 12.6. The number of primary amides is 1. The molecule has 1 aliphatic rings. The second-order valence-corrected chi connectivity index (χ2v) is 5.90. The number of carbonyl (C=O) groups excluding carboxylic acids is 1. The van der Waals surface area contributed by atoms with Crippen molar-refractivity contribution in [1.29, 1.82) is 5.41 Å². The summed E-state index contributed by atoms with van der Waals surface area (Å²) in [5.74, 6) is 0.208. The second-order valence-electron chi connectivity index (χ2n) is 5.90. The van der Waals surface area contributed by atoms with E-state index in [9.17, 15) is 4.79 Å². The van der Waals surface area contributed by atoms with Crippen LogP contribution in [0.5, 0.6) is 0 Å². The van der Waals surface area contributed by atoms with Gasteiger partial charge in [-0.25, -0.2) is 4.79 Å². The number of carbonyl (C=O) groups is 1. The van der Waals surface area contributed by atoms with Crippen LogP contribution in [0.3, 0.4) is 0 Å². The number of rotatable bonds is 4. The number of benzene rings is 2. The van der Waals surface area contributed by atoms with Gasteiger partial charge in [-0.05, 0) is 21.9 Å². The molecule has 4 nitrogen and oxygen atoms in total. The maximum absolute atomic E-state index is 12.4. The highest BCUT2D eigenvalue weighted by atomic mass is 16.1. The van der Waals surface area contributed by atoms with E-state index in [0.29, 0.717) is 12.5 Å². The first kappa shape index (κ1) is 14.9. The standard InChI is InChI=1S/C18H21N3O/c19-12-14-6-5-13(16-3-1-2-4-17(14)16)11-18(22)21-15-7-9-20-10-8-15/h1-6,12,15,19-20H,7-11H2,(H,21,22)/p+1. The van der Waals surface area contributed by atoms with E-state index in [4.69, 9.17) is 5.41 Å². The van der Waals surface area contributed by atoms with Gasteiger partial charge in [0.1, 0.15) is 0 Å². The van der Waals surface area contributed by atoms with Crippen molar-refractivity contribution in [3.8, 4) is 0 Å². The summed E-state index contributed by atoms with van der Waals surface area (Å²) in [6.45, 7) is 2.01. The first-order chi connectivity index (χ1) is 10.8. The van der Waals surface area contributed by atoms with E-state index in [-0.39, 0.29) is 5.91 Å². The summed E-state index contributed by atoms with van der Waals surface area (Å²) in [6.07, 6.45) is 3.93. The lowest BCUT2D eigenvalue weighted by molar-refractivity contribution is -0.608. The van der Waals surface area contributed by atoms with Gasteiger partial charge in [0.25, 0.3) is 0 Å². The molecule has 1 fully saturated rings. The molecule has 1 aliphatic heterocycles. The van der Waals surface area contributed by atoms with Crippen LogP contribution in [0.1, 0.15) is 24.0 Å². The molecule has 1 heterocycles. The third kappa shape index (κ3) is 3.24. The predicted molar refractivity (Wildman–Crippen MR) is 88.4 cm³/mol. The SMILES string of the molecule is N=Cc1ccc(CC(=O)[NH2+]C2CCNCC2)c2ccccc12. The molecule has 0 spiro atoms. The summed E-state index contributed by atoms with van der Waals surface area (Å²) in [6, 6.07) is 12.3. The van der Waals surface area contributed by atoms with Crippen LogP contribution >= 0.6 is 0 Å². The number of nitrogens with one attached hydrogen (secondary N) is 2. The van der Waals surface area contributed by atoms with Crippen LogP contribution in [0.15, 0.2) is 36.4 Å². The molecule has 0 atom stereocenters. The molecule has 0 aliphatic carbocycles. The van der Waals surface area contributed by atoms with E-state index in [1.165, 1.54) is 6.21 Å². The highest BCUT2D eigenvalue weighted by Gasteiger charge is 2.20. The van der Waals surface area contributed by atoms with Crippen molar-refractivity contribution in [2.45, 2.75) is 25.3 Å². The number of hydrogen-bond donors (Lipinski definition) is 3.